The molecule has 96 valence electrons. The van der Waals surface area contributed by atoms with E-state index in [1.807, 2.05) is 30.8 Å². The maximum absolute atomic E-state index is 10.4. The molecule has 0 aromatic carbocycles. The van der Waals surface area contributed by atoms with Gasteiger partial charge in [-0.2, -0.15) is 15.3 Å². The summed E-state index contributed by atoms with van der Waals surface area (Å²) in [6.45, 7) is 6.67. The van der Waals surface area contributed by atoms with Gasteiger partial charge in [0.1, 0.15) is 6.10 Å². The summed E-state index contributed by atoms with van der Waals surface area (Å²) in [5.74, 6) is 0. The Morgan fingerprint density at radius 2 is 2.11 bits per heavy atom. The van der Waals surface area contributed by atoms with Gasteiger partial charge in [-0.15, -0.1) is 0 Å². The Kier molecular flexibility index (Phi) is 3.72. The van der Waals surface area contributed by atoms with Gasteiger partial charge in [0.25, 0.3) is 0 Å². The summed E-state index contributed by atoms with van der Waals surface area (Å²) < 4.78 is 1.84. The van der Waals surface area contributed by atoms with E-state index in [1.54, 1.807) is 6.20 Å². The third kappa shape index (κ3) is 2.56. The average molecular weight is 246 g/mol. The Morgan fingerprint density at radius 3 is 2.83 bits per heavy atom. The lowest BCUT2D eigenvalue weighted by atomic mass is 10.0. The number of aromatic nitrogens is 4. The molecule has 2 rings (SSSR count). The lowest BCUT2D eigenvalue weighted by molar-refractivity contribution is 0.218. The van der Waals surface area contributed by atoms with E-state index in [-0.39, 0.29) is 0 Å². The van der Waals surface area contributed by atoms with Crippen molar-refractivity contribution in [2.24, 2.45) is 0 Å². The van der Waals surface area contributed by atoms with E-state index in [1.165, 1.54) is 0 Å². The van der Waals surface area contributed by atoms with Gasteiger partial charge in [-0.3, -0.25) is 4.68 Å². The van der Waals surface area contributed by atoms with E-state index in [0.717, 1.165) is 35.5 Å². The van der Waals surface area contributed by atoms with E-state index in [4.69, 9.17) is 0 Å². The summed E-state index contributed by atoms with van der Waals surface area (Å²) in [6, 6.07) is 1.87. The number of aryl methyl sites for hydroxylation is 3. The van der Waals surface area contributed by atoms with Crippen LogP contribution in [0.4, 0.5) is 0 Å². The third-order valence-corrected chi connectivity index (χ3v) is 2.86. The van der Waals surface area contributed by atoms with Crippen LogP contribution in [-0.2, 0) is 6.54 Å². The first-order valence-corrected chi connectivity index (χ1v) is 6.13. The molecular weight excluding hydrogens is 228 g/mol. The minimum absolute atomic E-state index is 0.690. The molecule has 5 heteroatoms. The molecule has 1 atom stereocenters. The molecule has 0 fully saturated rings. The second kappa shape index (κ2) is 5.27. The topological polar surface area (TPSA) is 63.8 Å². The number of hydrogen-bond donors (Lipinski definition) is 1. The van der Waals surface area contributed by atoms with Crippen molar-refractivity contribution in [2.45, 2.75) is 39.8 Å². The van der Waals surface area contributed by atoms with Gasteiger partial charge >= 0.3 is 0 Å². The molecule has 2 heterocycles. The Labute approximate surface area is 106 Å². The van der Waals surface area contributed by atoms with Gasteiger partial charge in [0.2, 0.25) is 0 Å². The molecule has 0 spiro atoms. The lowest BCUT2D eigenvalue weighted by Gasteiger charge is -2.11. The number of nitrogens with zero attached hydrogens (tertiary/aromatic N) is 4. The first-order valence-electron chi connectivity index (χ1n) is 6.13. The number of aliphatic hydroxyl groups is 1. The predicted molar refractivity (Wildman–Crippen MR) is 68.1 cm³/mol. The molecule has 0 saturated heterocycles. The molecule has 5 nitrogen and oxygen atoms in total. The highest BCUT2D eigenvalue weighted by atomic mass is 16.3. The highest BCUT2D eigenvalue weighted by Crippen LogP contribution is 2.23. The van der Waals surface area contributed by atoms with E-state index in [9.17, 15) is 5.11 Å². The smallest absolute Gasteiger partial charge is 0.109 e. The zero-order valence-corrected chi connectivity index (χ0v) is 11.0. The summed E-state index contributed by atoms with van der Waals surface area (Å²) in [6.07, 6.45) is 3.91. The van der Waals surface area contributed by atoms with Crippen LogP contribution in [0.1, 0.15) is 42.0 Å². The van der Waals surface area contributed by atoms with Gasteiger partial charge in [-0.25, -0.2) is 0 Å². The fraction of sp³-hybridized carbons (Fsp3) is 0.462. The Hall–Kier alpha value is -1.75. The molecule has 0 aliphatic carbocycles. The summed E-state index contributed by atoms with van der Waals surface area (Å²) in [5.41, 5.74) is 3.13. The Bertz CT molecular complexity index is 536. The summed E-state index contributed by atoms with van der Waals surface area (Å²) in [4.78, 5) is 0. The molecule has 0 bridgehead atoms. The molecule has 0 saturated carbocycles. The van der Waals surface area contributed by atoms with E-state index < -0.39 is 6.10 Å². The number of hydrogen-bond acceptors (Lipinski definition) is 4. The van der Waals surface area contributed by atoms with Crippen LogP contribution < -0.4 is 0 Å². The normalized spacial score (nSPS) is 12.7. The molecule has 0 amide bonds. The molecule has 0 aliphatic heterocycles. The molecule has 1 N–H and O–H groups in total. The molecule has 18 heavy (non-hydrogen) atoms. The van der Waals surface area contributed by atoms with Crippen LogP contribution in [0.25, 0.3) is 0 Å². The largest absolute Gasteiger partial charge is 0.383 e. The molecule has 0 radical (unpaired) electrons. The van der Waals surface area contributed by atoms with Crippen molar-refractivity contribution < 1.29 is 5.11 Å². The van der Waals surface area contributed by atoms with E-state index in [0.29, 0.717) is 0 Å². The first kappa shape index (κ1) is 12.7. The van der Waals surface area contributed by atoms with Crippen LogP contribution in [0.15, 0.2) is 18.5 Å². The van der Waals surface area contributed by atoms with Gasteiger partial charge in [0.15, 0.2) is 0 Å². The Balaban J connectivity index is 2.29. The number of aliphatic hydroxyl groups excluding tert-OH is 1. The van der Waals surface area contributed by atoms with Crippen molar-refractivity contribution in [1.82, 2.24) is 20.0 Å². The predicted octanol–water partition coefficient (Wildman–Crippen LogP) is 1.78. The summed E-state index contributed by atoms with van der Waals surface area (Å²) in [7, 11) is 0. The second-order valence-electron chi connectivity index (χ2n) is 4.47. The summed E-state index contributed by atoms with van der Waals surface area (Å²) >= 11 is 0. The number of rotatable bonds is 4. The molecule has 2 aromatic rings. The molecule has 0 aliphatic rings. The minimum atomic E-state index is -0.690. The van der Waals surface area contributed by atoms with Crippen LogP contribution in [0.3, 0.4) is 0 Å². The van der Waals surface area contributed by atoms with Gasteiger partial charge in [-0.1, -0.05) is 6.92 Å². The van der Waals surface area contributed by atoms with Gasteiger partial charge in [-0.05, 0) is 26.3 Å². The lowest BCUT2D eigenvalue weighted by Crippen LogP contribution is -2.05. The van der Waals surface area contributed by atoms with Gasteiger partial charge in [0, 0.05) is 23.9 Å². The maximum Gasteiger partial charge on any atom is 0.109 e. The van der Waals surface area contributed by atoms with Crippen molar-refractivity contribution in [3.05, 3.63) is 41.0 Å². The second-order valence-corrected chi connectivity index (χ2v) is 4.47. The minimum Gasteiger partial charge on any atom is -0.383 e. The quantitative estimate of drug-likeness (QED) is 0.893. The molecule has 2 aromatic heterocycles. The van der Waals surface area contributed by atoms with Crippen LogP contribution >= 0.6 is 0 Å². The first-order chi connectivity index (χ1) is 8.61. The van der Waals surface area contributed by atoms with Gasteiger partial charge < -0.3 is 5.11 Å². The fourth-order valence-corrected chi connectivity index (χ4v) is 1.90. The van der Waals surface area contributed by atoms with Crippen LogP contribution in [-0.4, -0.2) is 25.1 Å². The Morgan fingerprint density at radius 1 is 1.33 bits per heavy atom. The van der Waals surface area contributed by atoms with Crippen LogP contribution in [0.5, 0.6) is 0 Å². The average Bonchev–Trinajstić information content (AvgIpc) is 2.80. The zero-order chi connectivity index (χ0) is 13.1. The van der Waals surface area contributed by atoms with Crippen molar-refractivity contribution in [3.8, 4) is 0 Å². The standard InChI is InChI=1S/C13H18N4O/c1-4-5-17-8-11(7-14-17)13(18)12-6-9(2)15-16-10(12)3/h6-8,13,18H,4-5H2,1-3H3. The van der Waals surface area contributed by atoms with Gasteiger partial charge in [0.05, 0.1) is 17.6 Å². The van der Waals surface area contributed by atoms with E-state index >= 15 is 0 Å². The fourth-order valence-electron chi connectivity index (χ4n) is 1.90. The molecule has 1 unspecified atom stereocenters. The SMILES string of the molecule is CCCn1cc(C(O)c2cc(C)nnc2C)cn1. The van der Waals surface area contributed by atoms with Crippen molar-refractivity contribution in [3.63, 3.8) is 0 Å². The zero-order valence-electron chi connectivity index (χ0n) is 11.0. The van der Waals surface area contributed by atoms with E-state index in [2.05, 4.69) is 22.2 Å². The van der Waals surface area contributed by atoms with Crippen LogP contribution in [0, 0.1) is 13.8 Å². The van der Waals surface area contributed by atoms with Crippen molar-refractivity contribution in [2.75, 3.05) is 0 Å². The molecular formula is C13H18N4O. The van der Waals surface area contributed by atoms with Crippen LogP contribution in [0.2, 0.25) is 0 Å². The van der Waals surface area contributed by atoms with Crippen molar-refractivity contribution in [1.29, 1.82) is 0 Å². The monoisotopic (exact) mass is 246 g/mol. The highest BCUT2D eigenvalue weighted by Gasteiger charge is 2.16. The summed E-state index contributed by atoms with van der Waals surface area (Å²) in [5, 5.41) is 22.6. The highest BCUT2D eigenvalue weighted by molar-refractivity contribution is 5.30. The maximum atomic E-state index is 10.4. The third-order valence-electron chi connectivity index (χ3n) is 2.86. The van der Waals surface area contributed by atoms with Crippen molar-refractivity contribution >= 4 is 0 Å².